The first-order chi connectivity index (χ1) is 7.47. The number of esters is 1. The van der Waals surface area contributed by atoms with E-state index in [4.69, 9.17) is 18.0 Å². The Bertz CT molecular complexity index is 319. The van der Waals surface area contributed by atoms with Gasteiger partial charge in [0.1, 0.15) is 0 Å². The minimum Gasteiger partial charge on any atom is -0.469 e. The second kappa shape index (κ2) is 5.25. The van der Waals surface area contributed by atoms with Crippen LogP contribution in [0.3, 0.4) is 0 Å². The minimum atomic E-state index is -0.466. The molecule has 1 amide bonds. The number of carbonyl (C=O) groups is 2. The number of nitrogens with zero attached hydrogens (tertiary/aromatic N) is 1. The normalized spacial score (nSPS) is 21.6. The van der Waals surface area contributed by atoms with Crippen LogP contribution in [0.5, 0.6) is 0 Å². The van der Waals surface area contributed by atoms with Crippen LogP contribution in [-0.2, 0) is 14.3 Å². The van der Waals surface area contributed by atoms with Crippen LogP contribution in [0.15, 0.2) is 0 Å². The van der Waals surface area contributed by atoms with Crippen LogP contribution >= 0.6 is 12.2 Å². The standard InChI is InChI=1S/C10H16N2O3S/c1-6(8(11)16)9(13)12-4-3-7(5-12)10(14)15-2/h6-7H,3-5H2,1-2H3,(H2,11,16). The molecular weight excluding hydrogens is 228 g/mol. The highest BCUT2D eigenvalue weighted by Gasteiger charge is 2.33. The van der Waals surface area contributed by atoms with Gasteiger partial charge in [-0.25, -0.2) is 0 Å². The number of hydrogen-bond acceptors (Lipinski definition) is 4. The van der Waals surface area contributed by atoms with Crippen molar-refractivity contribution in [2.45, 2.75) is 13.3 Å². The summed E-state index contributed by atoms with van der Waals surface area (Å²) in [6, 6.07) is 0. The molecule has 0 radical (unpaired) electrons. The Kier molecular flexibility index (Phi) is 4.23. The van der Waals surface area contributed by atoms with Gasteiger partial charge < -0.3 is 15.4 Å². The third-order valence-corrected chi connectivity index (χ3v) is 3.19. The molecule has 16 heavy (non-hydrogen) atoms. The van der Waals surface area contributed by atoms with E-state index in [0.717, 1.165) is 0 Å². The Hall–Kier alpha value is -1.17. The average Bonchev–Trinajstić information content (AvgIpc) is 2.75. The highest BCUT2D eigenvalue weighted by molar-refractivity contribution is 7.80. The van der Waals surface area contributed by atoms with Crippen molar-refractivity contribution in [3.05, 3.63) is 0 Å². The zero-order valence-corrected chi connectivity index (χ0v) is 10.3. The third-order valence-electron chi connectivity index (χ3n) is 2.83. The average molecular weight is 244 g/mol. The van der Waals surface area contributed by atoms with E-state index in [1.165, 1.54) is 7.11 Å². The fourth-order valence-corrected chi connectivity index (χ4v) is 1.82. The summed E-state index contributed by atoms with van der Waals surface area (Å²) in [6.07, 6.45) is 0.641. The SMILES string of the molecule is COC(=O)C1CCN(C(=O)C(C)C(N)=S)C1. The van der Waals surface area contributed by atoms with Crippen molar-refractivity contribution in [1.82, 2.24) is 4.90 Å². The molecule has 90 valence electrons. The molecule has 0 spiro atoms. The van der Waals surface area contributed by atoms with Crippen LogP contribution in [0, 0.1) is 11.8 Å². The minimum absolute atomic E-state index is 0.112. The number of rotatable bonds is 3. The number of hydrogen-bond donors (Lipinski definition) is 1. The van der Waals surface area contributed by atoms with Crippen LogP contribution in [0.25, 0.3) is 0 Å². The molecule has 6 heteroatoms. The van der Waals surface area contributed by atoms with Gasteiger partial charge in [-0.05, 0) is 13.3 Å². The summed E-state index contributed by atoms with van der Waals surface area (Å²) >= 11 is 4.77. The van der Waals surface area contributed by atoms with Gasteiger partial charge in [0.15, 0.2) is 0 Å². The highest BCUT2D eigenvalue weighted by Crippen LogP contribution is 2.19. The van der Waals surface area contributed by atoms with Gasteiger partial charge in [-0.1, -0.05) is 12.2 Å². The van der Waals surface area contributed by atoms with Crippen LogP contribution in [-0.4, -0.2) is 42.0 Å². The molecular formula is C10H16N2O3S. The zero-order valence-electron chi connectivity index (χ0n) is 9.43. The lowest BCUT2D eigenvalue weighted by atomic mass is 10.1. The number of likely N-dealkylation sites (tertiary alicyclic amines) is 1. The van der Waals surface area contributed by atoms with Gasteiger partial charge in [0.25, 0.3) is 0 Å². The number of methoxy groups -OCH3 is 1. The van der Waals surface area contributed by atoms with Crippen molar-refractivity contribution in [1.29, 1.82) is 0 Å². The second-order valence-electron chi connectivity index (χ2n) is 3.92. The summed E-state index contributed by atoms with van der Waals surface area (Å²) in [5.74, 6) is -1.06. The fourth-order valence-electron chi connectivity index (χ4n) is 1.72. The zero-order chi connectivity index (χ0) is 12.3. The predicted molar refractivity (Wildman–Crippen MR) is 62.7 cm³/mol. The molecule has 1 aliphatic rings. The largest absolute Gasteiger partial charge is 0.469 e. The molecule has 1 heterocycles. The Morgan fingerprint density at radius 2 is 2.19 bits per heavy atom. The first-order valence-corrected chi connectivity index (χ1v) is 5.54. The van der Waals surface area contributed by atoms with E-state index in [2.05, 4.69) is 4.74 Å². The van der Waals surface area contributed by atoms with Crippen molar-refractivity contribution in [3.63, 3.8) is 0 Å². The number of ether oxygens (including phenoxy) is 1. The van der Waals surface area contributed by atoms with Crippen molar-refractivity contribution in [3.8, 4) is 0 Å². The molecule has 2 unspecified atom stereocenters. The van der Waals surface area contributed by atoms with E-state index >= 15 is 0 Å². The lowest BCUT2D eigenvalue weighted by Gasteiger charge is -2.19. The lowest BCUT2D eigenvalue weighted by Crippen LogP contribution is -2.39. The van der Waals surface area contributed by atoms with Crippen LogP contribution < -0.4 is 5.73 Å². The molecule has 2 N–H and O–H groups in total. The summed E-state index contributed by atoms with van der Waals surface area (Å²) in [6.45, 7) is 2.64. The van der Waals surface area contributed by atoms with Gasteiger partial charge in [-0.3, -0.25) is 9.59 Å². The number of nitrogens with two attached hydrogens (primary N) is 1. The molecule has 0 saturated carbocycles. The maximum absolute atomic E-state index is 11.8. The van der Waals surface area contributed by atoms with Crippen LogP contribution in [0.2, 0.25) is 0 Å². The summed E-state index contributed by atoms with van der Waals surface area (Å²) in [5, 5.41) is 0. The molecule has 1 rings (SSSR count). The second-order valence-corrected chi connectivity index (χ2v) is 4.39. The topological polar surface area (TPSA) is 72.6 Å². The van der Waals surface area contributed by atoms with Gasteiger partial charge in [0.05, 0.1) is 23.9 Å². The summed E-state index contributed by atoms with van der Waals surface area (Å²) in [4.78, 5) is 24.9. The first-order valence-electron chi connectivity index (χ1n) is 5.13. The Balaban J connectivity index is 2.56. The molecule has 0 aromatic carbocycles. The van der Waals surface area contributed by atoms with Crippen molar-refractivity contribution in [2.24, 2.45) is 17.6 Å². The van der Waals surface area contributed by atoms with E-state index in [1.54, 1.807) is 11.8 Å². The fraction of sp³-hybridized carbons (Fsp3) is 0.700. The summed E-state index contributed by atoms with van der Waals surface area (Å²) < 4.78 is 4.64. The Morgan fingerprint density at radius 1 is 1.56 bits per heavy atom. The molecule has 1 fully saturated rings. The summed E-state index contributed by atoms with van der Waals surface area (Å²) in [7, 11) is 1.35. The van der Waals surface area contributed by atoms with Crippen molar-refractivity contribution >= 4 is 29.1 Å². The summed E-state index contributed by atoms with van der Waals surface area (Å²) in [5.41, 5.74) is 5.42. The number of amides is 1. The van der Waals surface area contributed by atoms with Gasteiger partial charge in [-0.2, -0.15) is 0 Å². The maximum atomic E-state index is 11.8. The van der Waals surface area contributed by atoms with E-state index in [-0.39, 0.29) is 22.8 Å². The number of carbonyl (C=O) groups excluding carboxylic acids is 2. The molecule has 0 bridgehead atoms. The Labute approximate surface area is 99.9 Å². The van der Waals surface area contributed by atoms with Crippen molar-refractivity contribution < 1.29 is 14.3 Å². The smallest absolute Gasteiger partial charge is 0.310 e. The first kappa shape index (κ1) is 12.9. The maximum Gasteiger partial charge on any atom is 0.310 e. The van der Waals surface area contributed by atoms with E-state index in [9.17, 15) is 9.59 Å². The highest BCUT2D eigenvalue weighted by atomic mass is 32.1. The van der Waals surface area contributed by atoms with Crippen LogP contribution in [0.4, 0.5) is 0 Å². The lowest BCUT2D eigenvalue weighted by molar-refractivity contribution is -0.145. The quantitative estimate of drug-likeness (QED) is 0.556. The van der Waals surface area contributed by atoms with E-state index in [0.29, 0.717) is 19.5 Å². The molecule has 1 aliphatic heterocycles. The number of thiocarbonyl (C=S) groups is 1. The van der Waals surface area contributed by atoms with E-state index in [1.807, 2.05) is 0 Å². The third kappa shape index (κ3) is 2.69. The van der Waals surface area contributed by atoms with Gasteiger partial charge in [0.2, 0.25) is 5.91 Å². The van der Waals surface area contributed by atoms with E-state index < -0.39 is 5.92 Å². The monoisotopic (exact) mass is 244 g/mol. The molecule has 0 aromatic rings. The van der Waals surface area contributed by atoms with Crippen LogP contribution in [0.1, 0.15) is 13.3 Å². The molecule has 1 saturated heterocycles. The molecule has 0 aromatic heterocycles. The van der Waals surface area contributed by atoms with Gasteiger partial charge >= 0.3 is 5.97 Å². The Morgan fingerprint density at radius 3 is 2.69 bits per heavy atom. The molecule has 2 atom stereocenters. The molecule has 0 aliphatic carbocycles. The van der Waals surface area contributed by atoms with Crippen molar-refractivity contribution in [2.75, 3.05) is 20.2 Å². The molecule has 5 nitrogen and oxygen atoms in total. The predicted octanol–water partition coefficient (Wildman–Crippen LogP) is -0.0699. The van der Waals surface area contributed by atoms with Gasteiger partial charge in [0, 0.05) is 13.1 Å². The van der Waals surface area contributed by atoms with Gasteiger partial charge in [-0.15, -0.1) is 0 Å².